The number of hydrogen-bond acceptors (Lipinski definition) is 0. The van der Waals surface area contributed by atoms with E-state index in [1.54, 1.807) is 0 Å². The zero-order valence-corrected chi connectivity index (χ0v) is 15.2. The quantitative estimate of drug-likeness (QED) is 0.444. The van der Waals surface area contributed by atoms with Gasteiger partial charge in [0.05, 0.1) is 0 Å². The predicted molar refractivity (Wildman–Crippen MR) is 75.1 cm³/mol. The summed E-state index contributed by atoms with van der Waals surface area (Å²) < 4.78 is 0. The van der Waals surface area contributed by atoms with Crippen LogP contribution < -0.4 is 0 Å². The molecule has 0 aliphatic rings. The monoisotopic (exact) mass is 300 g/mol. The van der Waals surface area contributed by atoms with Crippen molar-refractivity contribution in [1.29, 1.82) is 0 Å². The molecule has 0 atom stereocenters. The third-order valence-corrected chi connectivity index (χ3v) is 1.65. The zero-order valence-electron chi connectivity index (χ0n) is 12.3. The van der Waals surface area contributed by atoms with Crippen molar-refractivity contribution in [3.05, 3.63) is 30.7 Å². The standard InChI is InChI=1S/C5H10.C5H11.C5H10.Y/c1-4-5(2)3;2*1-3-5-4-2;/h2,4H2,1,3H3;5H,3-4H2,1-2H3;3,5H,4H2,1-2H3;/q;-1;;. The van der Waals surface area contributed by atoms with Gasteiger partial charge < -0.3 is 6.42 Å². The van der Waals surface area contributed by atoms with Crippen molar-refractivity contribution in [2.75, 3.05) is 0 Å². The van der Waals surface area contributed by atoms with E-state index in [0.717, 1.165) is 12.8 Å². The Bertz CT molecular complexity index is 123. The molecule has 0 nitrogen and oxygen atoms in total. The fourth-order valence-corrected chi connectivity index (χ4v) is 0.524. The average Bonchev–Trinajstić information content (AvgIpc) is 2.22. The van der Waals surface area contributed by atoms with Gasteiger partial charge in [-0.05, 0) is 26.7 Å². The Morgan fingerprint density at radius 1 is 1.12 bits per heavy atom. The molecule has 0 aromatic rings. The molecule has 16 heavy (non-hydrogen) atoms. The molecular weight excluding hydrogens is 269 g/mol. The van der Waals surface area contributed by atoms with E-state index < -0.39 is 0 Å². The van der Waals surface area contributed by atoms with E-state index in [0.29, 0.717) is 0 Å². The van der Waals surface area contributed by atoms with Gasteiger partial charge in [-0.1, -0.05) is 45.4 Å². The van der Waals surface area contributed by atoms with Gasteiger partial charge in [0, 0.05) is 32.7 Å². The topological polar surface area (TPSA) is 0 Å². The first-order valence-corrected chi connectivity index (χ1v) is 6.17. The second-order valence-corrected chi connectivity index (χ2v) is 3.39. The summed E-state index contributed by atoms with van der Waals surface area (Å²) in [6.45, 7) is 16.3. The van der Waals surface area contributed by atoms with E-state index in [4.69, 9.17) is 0 Å². The first-order valence-electron chi connectivity index (χ1n) is 6.17. The van der Waals surface area contributed by atoms with Crippen molar-refractivity contribution in [3.63, 3.8) is 0 Å². The Balaban J connectivity index is -0.0000000655. The SMILES string of the molecule is C=C(C)CC.CC=CCC.CC[CH-]CC.[Y]. The maximum atomic E-state index is 3.67. The van der Waals surface area contributed by atoms with Crippen LogP contribution in [-0.2, 0) is 32.7 Å². The van der Waals surface area contributed by atoms with Crippen LogP contribution in [-0.4, -0.2) is 0 Å². The van der Waals surface area contributed by atoms with Gasteiger partial charge in [0.1, 0.15) is 0 Å². The van der Waals surface area contributed by atoms with Gasteiger partial charge in [-0.3, -0.25) is 0 Å². The van der Waals surface area contributed by atoms with Gasteiger partial charge in [0.15, 0.2) is 0 Å². The summed E-state index contributed by atoms with van der Waals surface area (Å²) in [6.07, 6.45) is 11.1. The first kappa shape index (κ1) is 25.4. The molecule has 95 valence electrons. The molecule has 0 aliphatic heterocycles. The van der Waals surface area contributed by atoms with E-state index in [1.165, 1.54) is 18.4 Å². The van der Waals surface area contributed by atoms with E-state index in [2.05, 4.69) is 52.8 Å². The van der Waals surface area contributed by atoms with Crippen molar-refractivity contribution < 1.29 is 32.7 Å². The van der Waals surface area contributed by atoms with Crippen LogP contribution in [0.15, 0.2) is 24.3 Å². The van der Waals surface area contributed by atoms with E-state index in [1.807, 2.05) is 13.8 Å². The van der Waals surface area contributed by atoms with E-state index in [-0.39, 0.29) is 32.7 Å². The molecule has 0 aromatic carbocycles. The van der Waals surface area contributed by atoms with Crippen LogP contribution in [0.4, 0.5) is 0 Å². The Hall–Kier alpha value is 0.584. The Morgan fingerprint density at radius 2 is 1.50 bits per heavy atom. The molecule has 0 spiro atoms. The smallest absolute Gasteiger partial charge is 0 e. The average molecular weight is 300 g/mol. The van der Waals surface area contributed by atoms with Crippen LogP contribution in [0.2, 0.25) is 0 Å². The molecule has 0 unspecified atom stereocenters. The molecule has 0 saturated carbocycles. The van der Waals surface area contributed by atoms with Gasteiger partial charge in [0.25, 0.3) is 0 Å². The molecule has 0 aromatic heterocycles. The summed E-state index contributed by atoms with van der Waals surface area (Å²) in [5.74, 6) is 0. The van der Waals surface area contributed by atoms with Crippen LogP contribution in [0.3, 0.4) is 0 Å². The molecule has 0 rings (SSSR count). The van der Waals surface area contributed by atoms with Gasteiger partial charge >= 0.3 is 0 Å². The summed E-state index contributed by atoms with van der Waals surface area (Å²) in [5.41, 5.74) is 1.25. The second kappa shape index (κ2) is 29.6. The largest absolute Gasteiger partial charge is 0.329 e. The third kappa shape index (κ3) is 62.1. The van der Waals surface area contributed by atoms with Crippen LogP contribution in [0, 0.1) is 6.42 Å². The number of rotatable bonds is 4. The maximum Gasteiger partial charge on any atom is 0 e. The van der Waals surface area contributed by atoms with Crippen LogP contribution in [0.25, 0.3) is 0 Å². The summed E-state index contributed by atoms with van der Waals surface area (Å²) in [4.78, 5) is 0. The van der Waals surface area contributed by atoms with Gasteiger partial charge in [-0.25, -0.2) is 0 Å². The summed E-state index contributed by atoms with van der Waals surface area (Å²) >= 11 is 0. The van der Waals surface area contributed by atoms with Crippen molar-refractivity contribution in [2.24, 2.45) is 0 Å². The molecule has 0 amide bonds. The molecular formula is C15H31Y-. The zero-order chi connectivity index (χ0) is 12.5. The molecule has 1 radical (unpaired) electrons. The number of allylic oxidation sites excluding steroid dienone is 3. The van der Waals surface area contributed by atoms with E-state index >= 15 is 0 Å². The van der Waals surface area contributed by atoms with Gasteiger partial charge in [-0.15, -0.1) is 6.58 Å². The molecule has 0 fully saturated rings. The molecule has 0 aliphatic carbocycles. The fourth-order valence-electron chi connectivity index (χ4n) is 0.524. The number of unbranched alkanes of at least 4 members (excludes halogenated alkanes) is 2. The Morgan fingerprint density at radius 3 is 1.50 bits per heavy atom. The Labute approximate surface area is 130 Å². The summed E-state index contributed by atoms with van der Waals surface area (Å²) in [5, 5.41) is 0. The van der Waals surface area contributed by atoms with Crippen molar-refractivity contribution in [3.8, 4) is 0 Å². The normalized spacial score (nSPS) is 8.12. The van der Waals surface area contributed by atoms with Gasteiger partial charge in [-0.2, -0.15) is 12.8 Å². The van der Waals surface area contributed by atoms with Gasteiger partial charge in [0.2, 0.25) is 0 Å². The summed E-state index contributed by atoms with van der Waals surface area (Å²) in [7, 11) is 0. The van der Waals surface area contributed by atoms with Crippen molar-refractivity contribution in [2.45, 2.75) is 67.2 Å². The molecule has 1 heteroatoms. The molecule has 0 saturated heterocycles. The fraction of sp³-hybridized carbons (Fsp3) is 0.667. The van der Waals surface area contributed by atoms with Crippen LogP contribution in [0.5, 0.6) is 0 Å². The molecule has 0 bridgehead atoms. The number of hydrogen-bond donors (Lipinski definition) is 0. The third-order valence-electron chi connectivity index (χ3n) is 1.65. The maximum absolute atomic E-state index is 3.67. The van der Waals surface area contributed by atoms with Crippen LogP contribution >= 0.6 is 0 Å². The minimum Gasteiger partial charge on any atom is -0.329 e. The van der Waals surface area contributed by atoms with Crippen molar-refractivity contribution in [1.82, 2.24) is 0 Å². The minimum atomic E-state index is 0. The van der Waals surface area contributed by atoms with Crippen molar-refractivity contribution >= 4 is 0 Å². The first-order chi connectivity index (χ1) is 7.10. The van der Waals surface area contributed by atoms with E-state index in [9.17, 15) is 0 Å². The van der Waals surface area contributed by atoms with Crippen LogP contribution in [0.1, 0.15) is 67.2 Å². The second-order valence-electron chi connectivity index (χ2n) is 3.39. The minimum absolute atomic E-state index is 0. The summed E-state index contributed by atoms with van der Waals surface area (Å²) in [6, 6.07) is 0. The molecule has 0 heterocycles. The Kier molecular flexibility index (Phi) is 47.0. The predicted octanol–water partition coefficient (Wildman–Crippen LogP) is 5.95. The molecule has 0 N–H and O–H groups in total.